The molecule has 170 valence electrons. The van der Waals surface area contributed by atoms with Crippen molar-refractivity contribution >= 4 is 21.8 Å². The fraction of sp³-hybridized carbons (Fsp3) is 0.391. The molecule has 1 N–H and O–H groups in total. The van der Waals surface area contributed by atoms with E-state index in [1.807, 2.05) is 0 Å². The van der Waals surface area contributed by atoms with E-state index in [-0.39, 0.29) is 22.8 Å². The molecule has 0 aromatic heterocycles. The number of hydrogen-bond donors (Lipinski definition) is 1. The molecule has 0 spiro atoms. The molecule has 2 aromatic rings. The highest BCUT2D eigenvalue weighted by atomic mass is 32.2. The van der Waals surface area contributed by atoms with Gasteiger partial charge in [0, 0.05) is 43.3 Å². The average Bonchev–Trinajstić information content (AvgIpc) is 3.36. The zero-order valence-corrected chi connectivity index (χ0v) is 18.5. The zero-order valence-electron chi connectivity index (χ0n) is 17.7. The maximum Gasteiger partial charge on any atom is 0.253 e. The van der Waals surface area contributed by atoms with Gasteiger partial charge in [-0.2, -0.15) is 4.31 Å². The first kappa shape index (κ1) is 22.4. The summed E-state index contributed by atoms with van der Waals surface area (Å²) in [6, 6.07) is 11.5. The highest BCUT2D eigenvalue weighted by molar-refractivity contribution is 7.89. The fourth-order valence-electron chi connectivity index (χ4n) is 4.15. The predicted molar refractivity (Wildman–Crippen MR) is 117 cm³/mol. The number of amides is 2. The Bertz CT molecular complexity index is 1090. The lowest BCUT2D eigenvalue weighted by atomic mass is 10.0. The number of carbonyl (C=O) groups is 2. The van der Waals surface area contributed by atoms with Crippen molar-refractivity contribution < 1.29 is 22.4 Å². The van der Waals surface area contributed by atoms with Crippen molar-refractivity contribution in [3.05, 3.63) is 65.5 Å². The van der Waals surface area contributed by atoms with E-state index >= 15 is 0 Å². The molecule has 0 unspecified atom stereocenters. The number of rotatable bonds is 5. The minimum atomic E-state index is -3.59. The van der Waals surface area contributed by atoms with Gasteiger partial charge < -0.3 is 10.2 Å². The Kier molecular flexibility index (Phi) is 6.57. The summed E-state index contributed by atoms with van der Waals surface area (Å²) in [6.07, 6.45) is 2.88. The zero-order chi connectivity index (χ0) is 22.7. The number of halogens is 1. The summed E-state index contributed by atoms with van der Waals surface area (Å²) in [5.41, 5.74) is 0.736. The molecule has 0 bridgehead atoms. The summed E-state index contributed by atoms with van der Waals surface area (Å²) in [5.74, 6) is -0.882. The summed E-state index contributed by atoms with van der Waals surface area (Å²) < 4.78 is 40.1. The second-order valence-electron chi connectivity index (χ2n) is 8.19. The van der Waals surface area contributed by atoms with Gasteiger partial charge in [0.2, 0.25) is 10.0 Å². The molecule has 0 radical (unpaired) electrons. The molecule has 0 aliphatic carbocycles. The van der Waals surface area contributed by atoms with Crippen molar-refractivity contribution in [2.75, 3.05) is 26.2 Å². The van der Waals surface area contributed by atoms with Crippen LogP contribution in [0, 0.1) is 5.82 Å². The molecule has 7 nitrogen and oxygen atoms in total. The highest BCUT2D eigenvalue weighted by Crippen LogP contribution is 2.23. The number of hydrogen-bond acceptors (Lipinski definition) is 4. The number of benzene rings is 2. The summed E-state index contributed by atoms with van der Waals surface area (Å²) in [6.45, 7) is 1.93. The molecule has 2 aromatic carbocycles. The standard InChI is InChI=1S/C23H26FN3O4S/c24-19-8-6-17(7-9-19)22(28)25-20-10-14-26(15-11-20)23(29)18-4-3-5-21(16-18)32(30,31)27-12-1-2-13-27/h3-9,16,20H,1-2,10-15H2,(H,25,28). The fourth-order valence-corrected chi connectivity index (χ4v) is 5.71. The van der Waals surface area contributed by atoms with Crippen LogP contribution in [0.25, 0.3) is 0 Å². The van der Waals surface area contributed by atoms with Gasteiger partial charge in [-0.3, -0.25) is 9.59 Å². The van der Waals surface area contributed by atoms with Crippen molar-refractivity contribution in [3.8, 4) is 0 Å². The molecule has 9 heteroatoms. The van der Waals surface area contributed by atoms with E-state index in [1.54, 1.807) is 17.0 Å². The van der Waals surface area contributed by atoms with Crippen LogP contribution in [0.5, 0.6) is 0 Å². The van der Waals surface area contributed by atoms with Gasteiger partial charge in [-0.1, -0.05) is 6.07 Å². The average molecular weight is 460 g/mol. The van der Waals surface area contributed by atoms with E-state index in [0.29, 0.717) is 50.1 Å². The minimum Gasteiger partial charge on any atom is -0.349 e. The van der Waals surface area contributed by atoms with Crippen LogP contribution >= 0.6 is 0 Å². The van der Waals surface area contributed by atoms with Crippen molar-refractivity contribution in [1.82, 2.24) is 14.5 Å². The monoisotopic (exact) mass is 459 g/mol. The number of sulfonamides is 1. The molecule has 2 fully saturated rings. The van der Waals surface area contributed by atoms with Crippen LogP contribution in [-0.2, 0) is 10.0 Å². The van der Waals surface area contributed by atoms with E-state index in [4.69, 9.17) is 0 Å². The SMILES string of the molecule is O=C(NC1CCN(C(=O)c2cccc(S(=O)(=O)N3CCCC3)c2)CC1)c1ccc(F)cc1. The lowest BCUT2D eigenvalue weighted by molar-refractivity contribution is 0.0698. The molecule has 2 aliphatic rings. The summed E-state index contributed by atoms with van der Waals surface area (Å²) in [4.78, 5) is 27.1. The maximum absolute atomic E-state index is 13.0. The van der Waals surface area contributed by atoms with Crippen LogP contribution in [-0.4, -0.2) is 61.7 Å². The third kappa shape index (κ3) is 4.83. The Balaban J connectivity index is 1.36. The number of piperidine rings is 1. The number of nitrogens with zero attached hydrogens (tertiary/aromatic N) is 2. The van der Waals surface area contributed by atoms with Gasteiger partial charge in [0.15, 0.2) is 0 Å². The van der Waals surface area contributed by atoms with Crippen LogP contribution in [0.2, 0.25) is 0 Å². The smallest absolute Gasteiger partial charge is 0.253 e. The van der Waals surface area contributed by atoms with Crippen molar-refractivity contribution in [3.63, 3.8) is 0 Å². The van der Waals surface area contributed by atoms with Gasteiger partial charge in [0.05, 0.1) is 4.90 Å². The normalized spacial score (nSPS) is 18.0. The van der Waals surface area contributed by atoms with Gasteiger partial charge >= 0.3 is 0 Å². The van der Waals surface area contributed by atoms with Gasteiger partial charge in [0.25, 0.3) is 11.8 Å². The maximum atomic E-state index is 13.0. The van der Waals surface area contributed by atoms with E-state index in [0.717, 1.165) is 12.8 Å². The topological polar surface area (TPSA) is 86.8 Å². The molecule has 4 rings (SSSR count). The second kappa shape index (κ2) is 9.38. The molecule has 0 atom stereocenters. The predicted octanol–water partition coefficient (Wildman–Crippen LogP) is 2.64. The Labute approximate surface area is 187 Å². The molecule has 2 saturated heterocycles. The molecule has 2 heterocycles. The molecule has 2 aliphatic heterocycles. The molecule has 2 amide bonds. The summed E-state index contributed by atoms with van der Waals surface area (Å²) in [5, 5.41) is 2.93. The second-order valence-corrected chi connectivity index (χ2v) is 10.1. The van der Waals surface area contributed by atoms with Gasteiger partial charge in [-0.05, 0) is 68.1 Å². The van der Waals surface area contributed by atoms with Crippen molar-refractivity contribution in [2.24, 2.45) is 0 Å². The first-order valence-corrected chi connectivity index (χ1v) is 12.2. The molecular formula is C23H26FN3O4S. The summed E-state index contributed by atoms with van der Waals surface area (Å²) in [7, 11) is -3.59. The van der Waals surface area contributed by atoms with Crippen LogP contribution in [0.4, 0.5) is 4.39 Å². The van der Waals surface area contributed by atoms with E-state index in [2.05, 4.69) is 5.32 Å². The van der Waals surface area contributed by atoms with Crippen LogP contribution in [0.1, 0.15) is 46.4 Å². The molecular weight excluding hydrogens is 433 g/mol. The van der Waals surface area contributed by atoms with Crippen LogP contribution in [0.15, 0.2) is 53.4 Å². The van der Waals surface area contributed by atoms with Crippen LogP contribution < -0.4 is 5.32 Å². The number of likely N-dealkylation sites (tertiary alicyclic amines) is 1. The van der Waals surface area contributed by atoms with Crippen LogP contribution in [0.3, 0.4) is 0 Å². The number of carbonyl (C=O) groups excluding carboxylic acids is 2. The first-order valence-electron chi connectivity index (χ1n) is 10.8. The van der Waals surface area contributed by atoms with Gasteiger partial charge in [0.1, 0.15) is 5.82 Å². The Morgan fingerprint density at radius 3 is 2.22 bits per heavy atom. The largest absolute Gasteiger partial charge is 0.349 e. The first-order chi connectivity index (χ1) is 15.3. The quantitative estimate of drug-likeness (QED) is 0.745. The lowest BCUT2D eigenvalue weighted by Gasteiger charge is -2.32. The Morgan fingerprint density at radius 2 is 1.56 bits per heavy atom. The van der Waals surface area contributed by atoms with E-state index in [1.165, 1.54) is 40.7 Å². The lowest BCUT2D eigenvalue weighted by Crippen LogP contribution is -2.46. The molecule has 0 saturated carbocycles. The third-order valence-electron chi connectivity index (χ3n) is 6.01. The Morgan fingerprint density at radius 1 is 0.906 bits per heavy atom. The van der Waals surface area contributed by atoms with Gasteiger partial charge in [-0.15, -0.1) is 0 Å². The van der Waals surface area contributed by atoms with Crippen molar-refractivity contribution in [2.45, 2.75) is 36.6 Å². The van der Waals surface area contributed by atoms with Gasteiger partial charge in [-0.25, -0.2) is 12.8 Å². The Hall–Kier alpha value is -2.78. The van der Waals surface area contributed by atoms with E-state index in [9.17, 15) is 22.4 Å². The minimum absolute atomic E-state index is 0.0847. The third-order valence-corrected chi connectivity index (χ3v) is 7.90. The molecule has 32 heavy (non-hydrogen) atoms. The highest BCUT2D eigenvalue weighted by Gasteiger charge is 2.29. The number of nitrogens with one attached hydrogen (secondary N) is 1. The van der Waals surface area contributed by atoms with E-state index < -0.39 is 15.8 Å². The summed E-state index contributed by atoms with van der Waals surface area (Å²) >= 11 is 0. The van der Waals surface area contributed by atoms with Crippen molar-refractivity contribution in [1.29, 1.82) is 0 Å².